The van der Waals surface area contributed by atoms with Crippen molar-refractivity contribution < 1.29 is 19.1 Å². The van der Waals surface area contributed by atoms with Crippen molar-refractivity contribution in [3.63, 3.8) is 0 Å². The highest BCUT2D eigenvalue weighted by molar-refractivity contribution is 5.97. The van der Waals surface area contributed by atoms with Crippen LogP contribution in [0.15, 0.2) is 22.5 Å². The van der Waals surface area contributed by atoms with Crippen molar-refractivity contribution in [2.75, 3.05) is 0 Å². The summed E-state index contributed by atoms with van der Waals surface area (Å²) in [4.78, 5) is 23.9. The summed E-state index contributed by atoms with van der Waals surface area (Å²) in [5, 5.41) is 9.21. The first-order valence-corrected chi connectivity index (χ1v) is 11.0. The molecule has 0 aromatic heterocycles. The quantitative estimate of drug-likeness (QED) is 0.604. The smallest absolute Gasteiger partial charge is 0.364 e. The molecule has 3 nitrogen and oxygen atoms in total. The molecule has 0 heterocycles. The van der Waals surface area contributed by atoms with Gasteiger partial charge in [0.05, 0.1) is 0 Å². The molecule has 4 rings (SSSR count). The molecule has 3 saturated carbocycles. The van der Waals surface area contributed by atoms with Gasteiger partial charge in [0.25, 0.3) is 0 Å². The Bertz CT molecular complexity index is 792. The average molecular weight is 389 g/mol. The van der Waals surface area contributed by atoms with Crippen LogP contribution in [0.1, 0.15) is 79.1 Å². The van der Waals surface area contributed by atoms with Crippen LogP contribution in [0.3, 0.4) is 0 Å². The highest BCUT2D eigenvalue weighted by atomic mass is 19.1. The largest absolute Gasteiger partial charge is 0.476 e. The third kappa shape index (κ3) is 2.59. The van der Waals surface area contributed by atoms with E-state index in [1.165, 1.54) is 5.57 Å². The first kappa shape index (κ1) is 19.8. The van der Waals surface area contributed by atoms with Gasteiger partial charge in [0.15, 0.2) is 5.78 Å². The van der Waals surface area contributed by atoms with E-state index in [0.29, 0.717) is 42.0 Å². The maximum Gasteiger partial charge on any atom is 0.364 e. The third-order valence-corrected chi connectivity index (χ3v) is 8.98. The van der Waals surface area contributed by atoms with E-state index in [1.54, 1.807) is 0 Å². The number of Topliss-reactive ketones (excluding diaryl/α,β-unsaturated/α-hetero) is 1. The zero-order valence-corrected chi connectivity index (χ0v) is 17.6. The molecule has 0 aromatic rings. The Labute approximate surface area is 167 Å². The van der Waals surface area contributed by atoms with Crippen molar-refractivity contribution in [3.8, 4) is 0 Å². The minimum absolute atomic E-state index is 0.0789. The summed E-state index contributed by atoms with van der Waals surface area (Å²) in [6.45, 7) is 8.76. The number of carbonyl (C=O) groups is 2. The second-order valence-electron chi connectivity index (χ2n) is 10.4. The summed E-state index contributed by atoms with van der Waals surface area (Å²) in [6.07, 6.45) is 6.98. The zero-order chi connectivity index (χ0) is 20.4. The van der Waals surface area contributed by atoms with Crippen LogP contribution >= 0.6 is 0 Å². The lowest BCUT2D eigenvalue weighted by molar-refractivity contribution is -0.134. The van der Waals surface area contributed by atoms with Gasteiger partial charge in [0.1, 0.15) is 0 Å². The minimum Gasteiger partial charge on any atom is -0.476 e. The maximum atomic E-state index is 14.4. The van der Waals surface area contributed by atoms with Crippen molar-refractivity contribution in [1.82, 2.24) is 0 Å². The highest BCUT2D eigenvalue weighted by Gasteiger charge is 2.59. The van der Waals surface area contributed by atoms with Crippen LogP contribution in [-0.2, 0) is 9.59 Å². The Morgan fingerprint density at radius 2 is 1.71 bits per heavy atom. The maximum absolute atomic E-state index is 14.4. The first-order chi connectivity index (χ1) is 13.1. The predicted molar refractivity (Wildman–Crippen MR) is 106 cm³/mol. The average Bonchev–Trinajstić information content (AvgIpc) is 2.98. The van der Waals surface area contributed by atoms with E-state index < -0.39 is 11.8 Å². The van der Waals surface area contributed by atoms with Crippen LogP contribution in [0.25, 0.3) is 0 Å². The van der Waals surface area contributed by atoms with E-state index in [0.717, 1.165) is 44.1 Å². The number of fused-ring (bicyclic) bond motifs is 5. The number of rotatable bonds is 2. The molecule has 4 aliphatic carbocycles. The molecule has 0 aromatic carbocycles. The number of aliphatic carboxylic acids is 1. The van der Waals surface area contributed by atoms with Crippen LogP contribution in [0.2, 0.25) is 0 Å². The third-order valence-electron chi connectivity index (χ3n) is 8.98. The summed E-state index contributed by atoms with van der Waals surface area (Å²) in [5.41, 5.74) is 2.82. The van der Waals surface area contributed by atoms with Crippen molar-refractivity contribution in [3.05, 3.63) is 22.5 Å². The van der Waals surface area contributed by atoms with E-state index in [2.05, 4.69) is 27.7 Å². The van der Waals surface area contributed by atoms with E-state index in [9.17, 15) is 19.1 Å². The van der Waals surface area contributed by atoms with E-state index in [4.69, 9.17) is 0 Å². The first-order valence-electron chi connectivity index (χ1n) is 11.0. The van der Waals surface area contributed by atoms with Gasteiger partial charge in [-0.1, -0.05) is 33.3 Å². The monoisotopic (exact) mass is 388 g/mol. The Morgan fingerprint density at radius 3 is 2.36 bits per heavy atom. The van der Waals surface area contributed by atoms with Gasteiger partial charge in [-0.25, -0.2) is 4.79 Å². The number of halogens is 1. The lowest BCUT2D eigenvalue weighted by atomic mass is 9.46. The Hall–Kier alpha value is -1.45. The lowest BCUT2D eigenvalue weighted by Crippen LogP contribution is -2.50. The number of hydrogen-bond acceptors (Lipinski definition) is 2. The molecule has 0 unspecified atom stereocenters. The van der Waals surface area contributed by atoms with Gasteiger partial charge >= 0.3 is 5.97 Å². The minimum atomic E-state index is -1.41. The molecule has 4 heteroatoms. The second-order valence-corrected chi connectivity index (χ2v) is 10.4. The number of carboxylic acid groups (broad SMARTS) is 1. The normalized spacial score (nSPS) is 42.2. The fraction of sp³-hybridized carbons (Fsp3) is 0.750. The van der Waals surface area contributed by atoms with Gasteiger partial charge in [0.2, 0.25) is 5.83 Å². The molecule has 4 aliphatic rings. The van der Waals surface area contributed by atoms with Gasteiger partial charge < -0.3 is 5.11 Å². The molecule has 28 heavy (non-hydrogen) atoms. The van der Waals surface area contributed by atoms with Crippen molar-refractivity contribution in [2.24, 2.45) is 34.5 Å². The highest BCUT2D eigenvalue weighted by Crippen LogP contribution is 2.67. The van der Waals surface area contributed by atoms with E-state index in [1.807, 2.05) is 0 Å². The summed E-state index contributed by atoms with van der Waals surface area (Å²) in [5.74, 6) is -0.292. The molecule has 0 aliphatic heterocycles. The Morgan fingerprint density at radius 1 is 1.04 bits per heavy atom. The summed E-state index contributed by atoms with van der Waals surface area (Å²) >= 11 is 0. The van der Waals surface area contributed by atoms with Crippen molar-refractivity contribution in [2.45, 2.75) is 79.1 Å². The second kappa shape index (κ2) is 6.53. The molecular weight excluding hydrogens is 355 g/mol. The number of hydrogen-bond donors (Lipinski definition) is 1. The number of ketones is 1. The van der Waals surface area contributed by atoms with Crippen LogP contribution in [-0.4, -0.2) is 16.9 Å². The van der Waals surface area contributed by atoms with Gasteiger partial charge in [-0.2, -0.15) is 4.39 Å². The molecule has 0 bridgehead atoms. The number of carboxylic acids is 1. The van der Waals surface area contributed by atoms with Crippen LogP contribution in [0, 0.1) is 34.5 Å². The predicted octanol–water partition coefficient (Wildman–Crippen LogP) is 5.85. The fourth-order valence-electron chi connectivity index (χ4n) is 7.73. The molecule has 0 radical (unpaired) electrons. The topological polar surface area (TPSA) is 54.4 Å². The molecule has 0 spiro atoms. The molecule has 154 valence electrons. The SMILES string of the molecule is CC(C)C1=C2CC[C@@H]3[C@H](CC[C@]4(C)C(=C(F)C(=O)O)CC[C@@H]34)[C@@]2(C)CCC1=O. The van der Waals surface area contributed by atoms with Gasteiger partial charge in [0, 0.05) is 6.42 Å². The molecule has 3 fully saturated rings. The van der Waals surface area contributed by atoms with Crippen LogP contribution < -0.4 is 0 Å². The standard InChI is InChI=1S/C24H33FO3/c1-13(2)20-17-6-5-14-15-7-8-18(21(25)22(27)28)24(15,4)11-9-16(14)23(17,3)12-10-19(20)26/h13-16H,5-12H2,1-4H3,(H,27,28)/t14-,15-,16-,23+,24-/m0/s1. The van der Waals surface area contributed by atoms with Gasteiger partial charge in [-0.15, -0.1) is 0 Å². The fourth-order valence-corrected chi connectivity index (χ4v) is 7.73. The summed E-state index contributed by atoms with van der Waals surface area (Å²) in [6, 6.07) is 0. The van der Waals surface area contributed by atoms with Crippen LogP contribution in [0.5, 0.6) is 0 Å². The molecule has 0 saturated heterocycles. The van der Waals surface area contributed by atoms with Crippen LogP contribution in [0.4, 0.5) is 4.39 Å². The molecule has 0 amide bonds. The number of carbonyl (C=O) groups excluding carboxylic acids is 1. The molecule has 1 N–H and O–H groups in total. The van der Waals surface area contributed by atoms with E-state index >= 15 is 0 Å². The lowest BCUT2D eigenvalue weighted by Gasteiger charge is -2.58. The zero-order valence-electron chi connectivity index (χ0n) is 17.6. The summed E-state index contributed by atoms with van der Waals surface area (Å²) in [7, 11) is 0. The van der Waals surface area contributed by atoms with Crippen molar-refractivity contribution in [1.29, 1.82) is 0 Å². The Kier molecular flexibility index (Phi) is 4.63. The molecule has 5 atom stereocenters. The summed E-state index contributed by atoms with van der Waals surface area (Å²) < 4.78 is 14.4. The van der Waals surface area contributed by atoms with Gasteiger partial charge in [-0.05, 0) is 90.6 Å². The number of allylic oxidation sites excluding steroid dienone is 2. The van der Waals surface area contributed by atoms with Gasteiger partial charge in [-0.3, -0.25) is 4.79 Å². The Balaban J connectivity index is 1.73. The van der Waals surface area contributed by atoms with E-state index in [-0.39, 0.29) is 16.7 Å². The van der Waals surface area contributed by atoms with Crippen molar-refractivity contribution >= 4 is 11.8 Å². The molecular formula is C24H33FO3.